The molecule has 0 amide bonds. The summed E-state index contributed by atoms with van der Waals surface area (Å²) >= 11 is 0. The van der Waals surface area contributed by atoms with E-state index in [0.717, 1.165) is 29.3 Å². The number of fused-ring (bicyclic) bond motifs is 2. The Morgan fingerprint density at radius 3 is 2.67 bits per heavy atom. The van der Waals surface area contributed by atoms with Crippen LogP contribution < -0.4 is 10.1 Å². The van der Waals surface area contributed by atoms with Crippen molar-refractivity contribution >= 4 is 11.4 Å². The molecule has 1 aliphatic rings. The predicted molar refractivity (Wildman–Crippen MR) is 73.1 cm³/mol. The van der Waals surface area contributed by atoms with Gasteiger partial charge in [-0.05, 0) is 36.1 Å². The summed E-state index contributed by atoms with van der Waals surface area (Å²) in [7, 11) is 0. The molecule has 2 aromatic rings. The van der Waals surface area contributed by atoms with Crippen LogP contribution in [0.4, 0.5) is 11.4 Å². The molecule has 0 spiro atoms. The second kappa shape index (κ2) is 4.37. The average Bonchev–Trinajstić information content (AvgIpc) is 2.43. The van der Waals surface area contributed by atoms with Crippen LogP contribution in [0, 0.1) is 0 Å². The van der Waals surface area contributed by atoms with E-state index >= 15 is 0 Å². The summed E-state index contributed by atoms with van der Waals surface area (Å²) in [4.78, 5) is 0. The first-order valence-corrected chi connectivity index (χ1v) is 6.41. The van der Waals surface area contributed by atoms with Crippen LogP contribution >= 0.6 is 0 Å². The second-order valence-electron chi connectivity index (χ2n) is 4.68. The Bertz CT molecular complexity index is 577. The summed E-state index contributed by atoms with van der Waals surface area (Å²) in [6.45, 7) is 4.42. The van der Waals surface area contributed by atoms with Gasteiger partial charge in [0.25, 0.3) is 0 Å². The van der Waals surface area contributed by atoms with Crippen molar-refractivity contribution in [3.8, 4) is 11.5 Å². The Hall–Kier alpha value is -1.96. The number of ether oxygens (including phenoxy) is 1. The minimum atomic E-state index is 0.498. The fraction of sp³-hybridized carbons (Fsp3) is 0.250. The van der Waals surface area contributed by atoms with Gasteiger partial charge >= 0.3 is 0 Å². The molecule has 0 aliphatic carbocycles. The maximum absolute atomic E-state index is 5.92. The minimum Gasteiger partial charge on any atom is -0.453 e. The number of benzene rings is 2. The van der Waals surface area contributed by atoms with Gasteiger partial charge in [-0.2, -0.15) is 0 Å². The van der Waals surface area contributed by atoms with E-state index in [9.17, 15) is 0 Å². The Labute approximate surface area is 108 Å². The number of hydrogen-bond donors (Lipinski definition) is 0. The van der Waals surface area contributed by atoms with Gasteiger partial charge in [0.1, 0.15) is 11.4 Å². The van der Waals surface area contributed by atoms with Crippen molar-refractivity contribution in [3.05, 3.63) is 48.0 Å². The van der Waals surface area contributed by atoms with Crippen LogP contribution in [0.15, 0.2) is 42.5 Å². The Kier molecular flexibility index (Phi) is 2.71. The number of rotatable bonds is 2. The summed E-state index contributed by atoms with van der Waals surface area (Å²) < 4.78 is 5.92. The van der Waals surface area contributed by atoms with Crippen molar-refractivity contribution in [2.75, 3.05) is 0 Å². The number of para-hydroxylation sites is 3. The van der Waals surface area contributed by atoms with Gasteiger partial charge in [0.15, 0.2) is 11.5 Å². The molecular formula is C16H16NO. The molecular weight excluding hydrogens is 222 g/mol. The van der Waals surface area contributed by atoms with Gasteiger partial charge < -0.3 is 4.74 Å². The van der Waals surface area contributed by atoms with E-state index in [-0.39, 0.29) is 0 Å². The lowest BCUT2D eigenvalue weighted by molar-refractivity contribution is 0.469. The highest BCUT2D eigenvalue weighted by molar-refractivity contribution is 5.70. The highest BCUT2D eigenvalue weighted by Crippen LogP contribution is 2.45. The SMILES string of the molecule is CCC(C)c1cccc2c1[N]c1ccccc1O2. The zero-order valence-corrected chi connectivity index (χ0v) is 10.7. The molecule has 2 heteroatoms. The van der Waals surface area contributed by atoms with Crippen LogP contribution in [0.1, 0.15) is 31.7 Å². The molecule has 0 aromatic heterocycles. The van der Waals surface area contributed by atoms with E-state index in [1.807, 2.05) is 36.4 Å². The van der Waals surface area contributed by atoms with Crippen molar-refractivity contribution in [1.29, 1.82) is 0 Å². The third-order valence-corrected chi connectivity index (χ3v) is 3.49. The molecule has 91 valence electrons. The molecule has 2 aromatic carbocycles. The lowest BCUT2D eigenvalue weighted by Gasteiger charge is -2.23. The predicted octanol–water partition coefficient (Wildman–Crippen LogP) is 4.87. The topological polar surface area (TPSA) is 23.3 Å². The molecule has 1 atom stereocenters. The molecule has 1 aliphatic heterocycles. The van der Waals surface area contributed by atoms with Gasteiger partial charge in [-0.25, -0.2) is 5.32 Å². The summed E-state index contributed by atoms with van der Waals surface area (Å²) in [5.41, 5.74) is 3.18. The zero-order chi connectivity index (χ0) is 12.5. The largest absolute Gasteiger partial charge is 0.453 e. The van der Waals surface area contributed by atoms with Gasteiger partial charge in [-0.1, -0.05) is 38.1 Å². The van der Waals surface area contributed by atoms with Gasteiger partial charge in [0.05, 0.1) is 0 Å². The van der Waals surface area contributed by atoms with Crippen LogP contribution in [0.3, 0.4) is 0 Å². The number of hydrogen-bond acceptors (Lipinski definition) is 1. The fourth-order valence-corrected chi connectivity index (χ4v) is 2.23. The third kappa shape index (κ3) is 1.74. The summed E-state index contributed by atoms with van der Waals surface area (Å²) in [5, 5.41) is 4.75. The van der Waals surface area contributed by atoms with Crippen LogP contribution in [0.5, 0.6) is 11.5 Å². The number of nitrogens with zero attached hydrogens (tertiary/aromatic N) is 1. The van der Waals surface area contributed by atoms with Crippen LogP contribution in [0.2, 0.25) is 0 Å². The van der Waals surface area contributed by atoms with Crippen LogP contribution in [-0.4, -0.2) is 0 Å². The maximum atomic E-state index is 5.92. The lowest BCUT2D eigenvalue weighted by atomic mass is 9.95. The van der Waals surface area contributed by atoms with E-state index < -0.39 is 0 Å². The lowest BCUT2D eigenvalue weighted by Crippen LogP contribution is -2.06. The van der Waals surface area contributed by atoms with Crippen molar-refractivity contribution in [1.82, 2.24) is 5.32 Å². The molecule has 0 saturated carbocycles. The highest BCUT2D eigenvalue weighted by atomic mass is 16.5. The van der Waals surface area contributed by atoms with Crippen LogP contribution in [-0.2, 0) is 0 Å². The molecule has 0 fully saturated rings. The summed E-state index contributed by atoms with van der Waals surface area (Å²) in [5.74, 6) is 2.20. The smallest absolute Gasteiger partial charge is 0.153 e. The van der Waals surface area contributed by atoms with Gasteiger partial charge in [-0.15, -0.1) is 0 Å². The standard InChI is InChI=1S/C16H16NO/c1-3-11(2)12-7-6-10-15-16(12)17-13-8-4-5-9-14(13)18-15/h4-11H,3H2,1-2H3. The maximum Gasteiger partial charge on any atom is 0.153 e. The average molecular weight is 238 g/mol. The zero-order valence-electron chi connectivity index (χ0n) is 10.7. The summed E-state index contributed by atoms with van der Waals surface area (Å²) in [6.07, 6.45) is 1.10. The van der Waals surface area contributed by atoms with Gasteiger partial charge in [-0.3, -0.25) is 0 Å². The first-order valence-electron chi connectivity index (χ1n) is 6.41. The van der Waals surface area contributed by atoms with Crippen LogP contribution in [0.25, 0.3) is 0 Å². The molecule has 18 heavy (non-hydrogen) atoms. The second-order valence-corrected chi connectivity index (χ2v) is 4.68. The van der Waals surface area contributed by atoms with E-state index in [4.69, 9.17) is 10.1 Å². The molecule has 0 saturated heterocycles. The van der Waals surface area contributed by atoms with Crippen molar-refractivity contribution in [2.24, 2.45) is 0 Å². The molecule has 2 nitrogen and oxygen atoms in total. The molecule has 0 bridgehead atoms. The molecule has 1 radical (unpaired) electrons. The van der Waals surface area contributed by atoms with Gasteiger partial charge in [0, 0.05) is 0 Å². The normalized spacial score (nSPS) is 13.9. The summed E-state index contributed by atoms with van der Waals surface area (Å²) in [6, 6.07) is 14.1. The van der Waals surface area contributed by atoms with Crippen molar-refractivity contribution < 1.29 is 4.74 Å². The monoisotopic (exact) mass is 238 g/mol. The van der Waals surface area contributed by atoms with E-state index in [1.165, 1.54) is 5.56 Å². The first-order chi connectivity index (χ1) is 8.79. The van der Waals surface area contributed by atoms with E-state index in [0.29, 0.717) is 5.92 Å². The van der Waals surface area contributed by atoms with E-state index in [1.54, 1.807) is 0 Å². The minimum absolute atomic E-state index is 0.498. The van der Waals surface area contributed by atoms with Gasteiger partial charge in [0.2, 0.25) is 0 Å². The first kappa shape index (κ1) is 11.1. The Balaban J connectivity index is 2.07. The molecule has 1 heterocycles. The third-order valence-electron chi connectivity index (χ3n) is 3.49. The molecule has 0 N–H and O–H groups in total. The van der Waals surface area contributed by atoms with Crippen molar-refractivity contribution in [3.63, 3.8) is 0 Å². The molecule has 1 unspecified atom stereocenters. The highest BCUT2D eigenvalue weighted by Gasteiger charge is 2.21. The van der Waals surface area contributed by atoms with E-state index in [2.05, 4.69) is 19.9 Å². The molecule has 3 rings (SSSR count). The fourth-order valence-electron chi connectivity index (χ4n) is 2.23. The Morgan fingerprint density at radius 1 is 1.06 bits per heavy atom. The Morgan fingerprint density at radius 2 is 1.83 bits per heavy atom. The quantitative estimate of drug-likeness (QED) is 0.624. The van der Waals surface area contributed by atoms with Crippen molar-refractivity contribution in [2.45, 2.75) is 26.2 Å².